The molecule has 0 bridgehead atoms. The molecule has 148 valence electrons. The highest BCUT2D eigenvalue weighted by Crippen LogP contribution is 2.40. The van der Waals surface area contributed by atoms with Crippen molar-refractivity contribution in [3.63, 3.8) is 0 Å². The van der Waals surface area contributed by atoms with Crippen LogP contribution in [0.1, 0.15) is 29.7 Å². The summed E-state index contributed by atoms with van der Waals surface area (Å²) in [7, 11) is -0.560. The molecule has 0 unspecified atom stereocenters. The molecule has 1 N–H and O–H groups in total. The van der Waals surface area contributed by atoms with Crippen LogP contribution in [0.5, 0.6) is 11.5 Å². The first-order valence-electron chi connectivity index (χ1n) is 9.04. The number of fused-ring (bicyclic) bond motifs is 2. The highest BCUT2D eigenvalue weighted by molar-refractivity contribution is 7.89. The molecule has 1 amide bonds. The Morgan fingerprint density at radius 2 is 1.79 bits per heavy atom. The second-order valence-electron chi connectivity index (χ2n) is 6.99. The molecule has 0 saturated heterocycles. The van der Waals surface area contributed by atoms with E-state index in [4.69, 9.17) is 9.47 Å². The van der Waals surface area contributed by atoms with Crippen molar-refractivity contribution in [2.75, 3.05) is 26.1 Å². The van der Waals surface area contributed by atoms with E-state index in [1.165, 1.54) is 4.31 Å². The van der Waals surface area contributed by atoms with Gasteiger partial charge in [0.15, 0.2) is 11.5 Å². The van der Waals surface area contributed by atoms with E-state index in [9.17, 15) is 13.2 Å². The number of carbonyl (C=O) groups is 1. The zero-order valence-electron chi connectivity index (χ0n) is 16.0. The van der Waals surface area contributed by atoms with Crippen LogP contribution in [0.15, 0.2) is 35.2 Å². The number of hydrogen-bond donors (Lipinski definition) is 1. The highest BCUT2D eigenvalue weighted by Gasteiger charge is 2.35. The summed E-state index contributed by atoms with van der Waals surface area (Å²) in [5, 5.41) is 2.73. The molecule has 2 aliphatic rings. The summed E-state index contributed by atoms with van der Waals surface area (Å²) in [6.45, 7) is 2.25. The topological polar surface area (TPSA) is 84.9 Å². The number of nitrogens with zero attached hydrogens (tertiary/aromatic N) is 1. The quantitative estimate of drug-likeness (QED) is 0.849. The van der Waals surface area contributed by atoms with E-state index >= 15 is 0 Å². The Labute approximate surface area is 164 Å². The largest absolute Gasteiger partial charge is 0.493 e. The van der Waals surface area contributed by atoms with Gasteiger partial charge in [-0.1, -0.05) is 0 Å². The van der Waals surface area contributed by atoms with E-state index < -0.39 is 10.0 Å². The second-order valence-corrected chi connectivity index (χ2v) is 8.88. The standard InChI is InChI=1S/C20H22N2O5S/c1-12-16-11-19(27-3)18(26-2)9-13(16)6-7-22(12)28(24,25)15-4-5-17-14(8-15)10-20(23)21-17/h4-5,8-9,11-12H,6-7,10H2,1-3H3,(H,21,23)/t12-/m1/s1. The molecule has 2 heterocycles. The van der Waals surface area contributed by atoms with E-state index in [1.54, 1.807) is 32.4 Å². The van der Waals surface area contributed by atoms with Crippen LogP contribution in [0, 0.1) is 0 Å². The molecule has 4 rings (SSSR count). The fraction of sp³-hybridized carbons (Fsp3) is 0.350. The molecule has 8 heteroatoms. The zero-order chi connectivity index (χ0) is 20.1. The summed E-state index contributed by atoms with van der Waals surface area (Å²) in [6.07, 6.45) is 0.790. The number of carbonyl (C=O) groups excluding carboxylic acids is 1. The van der Waals surface area contributed by atoms with Crippen LogP contribution >= 0.6 is 0 Å². The van der Waals surface area contributed by atoms with E-state index in [2.05, 4.69) is 5.32 Å². The predicted molar refractivity (Wildman–Crippen MR) is 104 cm³/mol. The number of methoxy groups -OCH3 is 2. The van der Waals surface area contributed by atoms with Crippen molar-refractivity contribution < 1.29 is 22.7 Å². The van der Waals surface area contributed by atoms with Crippen molar-refractivity contribution in [3.8, 4) is 11.5 Å². The van der Waals surface area contributed by atoms with Gasteiger partial charge in [-0.3, -0.25) is 4.79 Å². The van der Waals surface area contributed by atoms with Crippen LogP contribution in [-0.4, -0.2) is 39.4 Å². The number of benzene rings is 2. The van der Waals surface area contributed by atoms with Crippen LogP contribution in [0.3, 0.4) is 0 Å². The molecule has 0 aliphatic carbocycles. The lowest BCUT2D eigenvalue weighted by Crippen LogP contribution is -2.38. The number of anilines is 1. The minimum Gasteiger partial charge on any atom is -0.493 e. The lowest BCUT2D eigenvalue weighted by atomic mass is 9.94. The van der Waals surface area contributed by atoms with Crippen molar-refractivity contribution in [1.29, 1.82) is 0 Å². The van der Waals surface area contributed by atoms with Crippen LogP contribution < -0.4 is 14.8 Å². The summed E-state index contributed by atoms with van der Waals surface area (Å²) in [5.74, 6) is 1.10. The van der Waals surface area contributed by atoms with Gasteiger partial charge in [-0.05, 0) is 60.4 Å². The molecule has 7 nitrogen and oxygen atoms in total. The molecule has 28 heavy (non-hydrogen) atoms. The van der Waals surface area contributed by atoms with Gasteiger partial charge in [0.25, 0.3) is 0 Å². The molecule has 0 aromatic heterocycles. The van der Waals surface area contributed by atoms with E-state index in [0.29, 0.717) is 35.7 Å². The molecular formula is C20H22N2O5S. The van der Waals surface area contributed by atoms with Crippen molar-refractivity contribution in [2.45, 2.75) is 30.7 Å². The summed E-state index contributed by atoms with van der Waals surface area (Å²) < 4.78 is 38.9. The highest BCUT2D eigenvalue weighted by atomic mass is 32.2. The van der Waals surface area contributed by atoms with Crippen molar-refractivity contribution >= 4 is 21.6 Å². The van der Waals surface area contributed by atoms with Crippen molar-refractivity contribution in [2.24, 2.45) is 0 Å². The number of sulfonamides is 1. The van der Waals surface area contributed by atoms with Gasteiger partial charge in [-0.15, -0.1) is 0 Å². The van der Waals surface area contributed by atoms with Crippen LogP contribution in [-0.2, 0) is 27.7 Å². The van der Waals surface area contributed by atoms with Crippen molar-refractivity contribution in [3.05, 3.63) is 47.0 Å². The maximum Gasteiger partial charge on any atom is 0.243 e. The molecule has 1 atom stereocenters. The lowest BCUT2D eigenvalue weighted by molar-refractivity contribution is -0.115. The first kappa shape index (κ1) is 18.8. The zero-order valence-corrected chi connectivity index (χ0v) is 16.8. The van der Waals surface area contributed by atoms with Crippen LogP contribution in [0.2, 0.25) is 0 Å². The van der Waals surface area contributed by atoms with Gasteiger partial charge in [0.1, 0.15) is 0 Å². The Bertz CT molecular complexity index is 1060. The SMILES string of the molecule is COc1cc2c(cc1OC)[C@@H](C)N(S(=O)(=O)c1ccc3c(c1)CC(=O)N3)CC2. The number of amides is 1. The van der Waals surface area contributed by atoms with E-state index in [-0.39, 0.29) is 23.3 Å². The first-order valence-corrected chi connectivity index (χ1v) is 10.5. The molecule has 0 spiro atoms. The Balaban J connectivity index is 1.71. The molecule has 0 radical (unpaired) electrons. The van der Waals surface area contributed by atoms with Gasteiger partial charge < -0.3 is 14.8 Å². The third-order valence-corrected chi connectivity index (χ3v) is 7.40. The minimum atomic E-state index is -3.71. The molecule has 2 aromatic rings. The smallest absolute Gasteiger partial charge is 0.243 e. The van der Waals surface area contributed by atoms with E-state index in [0.717, 1.165) is 11.1 Å². The molecule has 0 saturated carbocycles. The van der Waals surface area contributed by atoms with Gasteiger partial charge >= 0.3 is 0 Å². The third kappa shape index (κ3) is 2.93. The molecule has 2 aromatic carbocycles. The summed E-state index contributed by atoms with van der Waals surface area (Å²) in [5.41, 5.74) is 3.35. The Morgan fingerprint density at radius 1 is 1.07 bits per heavy atom. The van der Waals surface area contributed by atoms with Gasteiger partial charge in [0.2, 0.25) is 15.9 Å². The Hall–Kier alpha value is -2.58. The third-order valence-electron chi connectivity index (χ3n) is 5.44. The fourth-order valence-corrected chi connectivity index (χ4v) is 5.61. The number of rotatable bonds is 4. The van der Waals surface area contributed by atoms with Crippen LogP contribution in [0.4, 0.5) is 5.69 Å². The van der Waals surface area contributed by atoms with Gasteiger partial charge in [0, 0.05) is 18.3 Å². The average Bonchev–Trinajstić information content (AvgIpc) is 3.06. The summed E-state index contributed by atoms with van der Waals surface area (Å²) >= 11 is 0. The Morgan fingerprint density at radius 3 is 2.50 bits per heavy atom. The predicted octanol–water partition coefficient (Wildman–Crippen LogP) is 2.51. The second kappa shape index (κ2) is 6.79. The maximum absolute atomic E-state index is 13.3. The summed E-state index contributed by atoms with van der Waals surface area (Å²) in [4.78, 5) is 11.8. The van der Waals surface area contributed by atoms with Gasteiger partial charge in [-0.2, -0.15) is 4.31 Å². The normalized spacial score (nSPS) is 19.0. The Kier molecular flexibility index (Phi) is 4.55. The minimum absolute atomic E-state index is 0.120. The number of hydrogen-bond acceptors (Lipinski definition) is 5. The maximum atomic E-state index is 13.3. The molecule has 0 fully saturated rings. The lowest BCUT2D eigenvalue weighted by Gasteiger charge is -2.34. The monoisotopic (exact) mass is 402 g/mol. The summed E-state index contributed by atoms with van der Waals surface area (Å²) in [6, 6.07) is 8.23. The molecular weight excluding hydrogens is 380 g/mol. The first-order chi connectivity index (χ1) is 13.3. The van der Waals surface area contributed by atoms with Crippen LogP contribution in [0.25, 0.3) is 0 Å². The average molecular weight is 402 g/mol. The number of nitrogens with one attached hydrogen (secondary N) is 1. The van der Waals surface area contributed by atoms with Gasteiger partial charge in [-0.25, -0.2) is 8.42 Å². The number of ether oxygens (including phenoxy) is 2. The molecule has 2 aliphatic heterocycles. The van der Waals surface area contributed by atoms with Gasteiger partial charge in [0.05, 0.1) is 25.5 Å². The fourth-order valence-electron chi connectivity index (χ4n) is 3.95. The van der Waals surface area contributed by atoms with E-state index in [1.807, 2.05) is 19.1 Å². The van der Waals surface area contributed by atoms with Crippen molar-refractivity contribution in [1.82, 2.24) is 4.31 Å².